The van der Waals surface area contributed by atoms with Crippen molar-refractivity contribution in [2.75, 3.05) is 13.7 Å². The highest BCUT2D eigenvalue weighted by Crippen LogP contribution is 2.23. The van der Waals surface area contributed by atoms with E-state index in [1.165, 1.54) is 19.3 Å². The highest BCUT2D eigenvalue weighted by Gasteiger charge is 2.36. The van der Waals surface area contributed by atoms with Gasteiger partial charge in [0.25, 0.3) is 0 Å². The molecule has 0 bridgehead atoms. The Balaban J connectivity index is 1.49. The molecule has 1 N–H and O–H groups in total. The minimum absolute atomic E-state index is 0.0670. The molecule has 0 aromatic heterocycles. The molecule has 3 aliphatic rings. The number of aliphatic imine (C=N–C) groups is 1. The number of methoxy groups -OCH3 is 1. The molecule has 3 rings (SSSR count). The summed E-state index contributed by atoms with van der Waals surface area (Å²) in [7, 11) is 1.26. The number of unbranched alkanes of at least 4 members (excludes halogenated alkanes) is 2. The van der Waals surface area contributed by atoms with Gasteiger partial charge in [0, 0.05) is 19.0 Å². The number of hydrogen-bond acceptors (Lipinski definition) is 5. The molecule has 1 fully saturated rings. The maximum Gasteiger partial charge on any atom is 0.350 e. The molecule has 0 saturated heterocycles. The lowest BCUT2D eigenvalue weighted by Crippen LogP contribution is -2.46. The number of hydrogen-bond donors (Lipinski definition) is 1. The Morgan fingerprint density at radius 3 is 2.74 bits per heavy atom. The van der Waals surface area contributed by atoms with Crippen LogP contribution in [0.25, 0.3) is 0 Å². The predicted octanol–water partition coefficient (Wildman–Crippen LogP) is 1.51. The van der Waals surface area contributed by atoms with Gasteiger partial charge in [0.2, 0.25) is 11.8 Å². The number of esters is 1. The van der Waals surface area contributed by atoms with Crippen molar-refractivity contribution < 1.29 is 23.9 Å². The van der Waals surface area contributed by atoms with Crippen LogP contribution in [0.15, 0.2) is 28.8 Å². The van der Waals surface area contributed by atoms with E-state index in [9.17, 15) is 19.2 Å². The van der Waals surface area contributed by atoms with Crippen molar-refractivity contribution in [2.24, 2.45) is 10.9 Å². The average molecular weight is 373 g/mol. The first kappa shape index (κ1) is 19.0. The number of ether oxygens (including phenoxy) is 1. The van der Waals surface area contributed by atoms with E-state index in [4.69, 9.17) is 0 Å². The fraction of sp³-hybridized carbons (Fsp3) is 0.526. The van der Waals surface area contributed by atoms with Crippen LogP contribution in [0.2, 0.25) is 0 Å². The van der Waals surface area contributed by atoms with Gasteiger partial charge >= 0.3 is 12.0 Å². The molecule has 0 radical (unpaired) electrons. The first-order valence-corrected chi connectivity index (χ1v) is 9.21. The Morgan fingerprint density at radius 1 is 1.26 bits per heavy atom. The monoisotopic (exact) mass is 373 g/mol. The summed E-state index contributed by atoms with van der Waals surface area (Å²) in [4.78, 5) is 53.1. The summed E-state index contributed by atoms with van der Waals surface area (Å²) in [5.74, 6) is -1.47. The van der Waals surface area contributed by atoms with E-state index in [-0.39, 0.29) is 29.6 Å². The Hall–Kier alpha value is -2.77. The molecule has 27 heavy (non-hydrogen) atoms. The van der Waals surface area contributed by atoms with Crippen LogP contribution in [0.4, 0.5) is 4.79 Å². The second-order valence-electron chi connectivity index (χ2n) is 6.89. The maximum atomic E-state index is 12.6. The Morgan fingerprint density at radius 2 is 2.04 bits per heavy atom. The van der Waals surface area contributed by atoms with E-state index in [1.54, 1.807) is 6.08 Å². The topological polar surface area (TPSA) is 105 Å². The van der Waals surface area contributed by atoms with E-state index in [2.05, 4.69) is 15.0 Å². The van der Waals surface area contributed by atoms with Crippen LogP contribution in [-0.4, -0.2) is 54.1 Å². The molecule has 2 aliphatic carbocycles. The van der Waals surface area contributed by atoms with Gasteiger partial charge in [-0.25, -0.2) is 9.59 Å². The van der Waals surface area contributed by atoms with Gasteiger partial charge in [0.1, 0.15) is 0 Å². The molecule has 1 atom stereocenters. The number of imide groups is 1. The first-order chi connectivity index (χ1) is 13.0. The van der Waals surface area contributed by atoms with Gasteiger partial charge in [-0.05, 0) is 31.8 Å². The van der Waals surface area contributed by atoms with Crippen molar-refractivity contribution in [1.82, 2.24) is 10.2 Å². The quantitative estimate of drug-likeness (QED) is 0.513. The molecule has 8 heteroatoms. The van der Waals surface area contributed by atoms with Crippen LogP contribution >= 0.6 is 0 Å². The fourth-order valence-electron chi connectivity index (χ4n) is 3.05. The van der Waals surface area contributed by atoms with E-state index < -0.39 is 17.9 Å². The van der Waals surface area contributed by atoms with Gasteiger partial charge in [0.05, 0.1) is 24.3 Å². The molecule has 0 aromatic carbocycles. The predicted molar refractivity (Wildman–Crippen MR) is 96.9 cm³/mol. The summed E-state index contributed by atoms with van der Waals surface area (Å²) in [5, 5.41) is 2.93. The average Bonchev–Trinajstić information content (AvgIpc) is 3.46. The Labute approximate surface area is 157 Å². The summed E-state index contributed by atoms with van der Waals surface area (Å²) < 4.78 is 4.64. The first-order valence-electron chi connectivity index (χ1n) is 9.21. The smallest absolute Gasteiger partial charge is 0.350 e. The third-order valence-corrected chi connectivity index (χ3v) is 4.73. The molecular formula is C19H23N3O5. The van der Waals surface area contributed by atoms with E-state index in [0.29, 0.717) is 18.9 Å². The van der Waals surface area contributed by atoms with Crippen LogP contribution in [0.3, 0.4) is 0 Å². The van der Waals surface area contributed by atoms with Crippen LogP contribution in [0.5, 0.6) is 0 Å². The lowest BCUT2D eigenvalue weighted by Gasteiger charge is -2.28. The lowest BCUT2D eigenvalue weighted by atomic mass is 9.92. The second-order valence-corrected chi connectivity index (χ2v) is 6.89. The van der Waals surface area contributed by atoms with Crippen LogP contribution in [0, 0.1) is 5.92 Å². The molecule has 1 unspecified atom stereocenters. The molecular weight excluding hydrogens is 350 g/mol. The summed E-state index contributed by atoms with van der Waals surface area (Å²) in [6.07, 6.45) is 9.19. The molecule has 8 nitrogen and oxygen atoms in total. The number of rotatable bonds is 8. The lowest BCUT2D eigenvalue weighted by molar-refractivity contribution is -0.136. The molecule has 0 aromatic rings. The summed E-state index contributed by atoms with van der Waals surface area (Å²) in [6, 6.07) is -0.251. The molecule has 1 saturated carbocycles. The minimum atomic E-state index is -0.652. The minimum Gasteiger partial charge on any atom is -0.465 e. The highest BCUT2D eigenvalue weighted by molar-refractivity contribution is 6.23. The van der Waals surface area contributed by atoms with Crippen molar-refractivity contribution in [3.8, 4) is 0 Å². The fourth-order valence-corrected chi connectivity index (χ4v) is 3.05. The van der Waals surface area contributed by atoms with Gasteiger partial charge in [-0.3, -0.25) is 14.5 Å². The summed E-state index contributed by atoms with van der Waals surface area (Å²) >= 11 is 0. The van der Waals surface area contributed by atoms with E-state index >= 15 is 0 Å². The van der Waals surface area contributed by atoms with E-state index in [1.807, 2.05) is 0 Å². The number of amides is 4. The highest BCUT2D eigenvalue weighted by atomic mass is 16.5. The van der Waals surface area contributed by atoms with Gasteiger partial charge in [-0.1, -0.05) is 18.6 Å². The van der Waals surface area contributed by atoms with Gasteiger partial charge in [-0.2, -0.15) is 4.99 Å². The van der Waals surface area contributed by atoms with Crippen molar-refractivity contribution >= 4 is 29.5 Å². The van der Waals surface area contributed by atoms with Crippen LogP contribution in [0.1, 0.15) is 38.5 Å². The number of carbonyl (C=O) groups excluding carboxylic acids is 4. The number of carbonyl (C=O) groups is 4. The molecule has 4 amide bonds. The van der Waals surface area contributed by atoms with Gasteiger partial charge < -0.3 is 10.1 Å². The third-order valence-electron chi connectivity index (χ3n) is 4.73. The summed E-state index contributed by atoms with van der Waals surface area (Å²) in [5.41, 5.74) is 0.520. The van der Waals surface area contributed by atoms with Crippen molar-refractivity contribution in [1.29, 1.82) is 0 Å². The normalized spacial score (nSPS) is 21.4. The zero-order valence-corrected chi connectivity index (χ0v) is 15.3. The Kier molecular flexibility index (Phi) is 5.83. The SMILES string of the molecule is COC(=O)C1=CC2=NC(=O)N(CCCCCC(=O)NC3CC3)C(=O)C2C=C1. The second kappa shape index (κ2) is 8.28. The zero-order chi connectivity index (χ0) is 19.4. The van der Waals surface area contributed by atoms with Gasteiger partial charge in [0.15, 0.2) is 0 Å². The summed E-state index contributed by atoms with van der Waals surface area (Å²) in [6.45, 7) is 0.274. The van der Waals surface area contributed by atoms with E-state index in [0.717, 1.165) is 30.6 Å². The molecule has 1 aliphatic heterocycles. The zero-order valence-electron chi connectivity index (χ0n) is 15.3. The molecule has 144 valence electrons. The number of allylic oxidation sites excluding steroid dienone is 1. The number of nitrogens with zero attached hydrogens (tertiary/aromatic N) is 2. The van der Waals surface area contributed by atoms with Gasteiger partial charge in [-0.15, -0.1) is 0 Å². The van der Waals surface area contributed by atoms with Crippen LogP contribution in [-0.2, 0) is 19.1 Å². The van der Waals surface area contributed by atoms with Crippen molar-refractivity contribution in [3.63, 3.8) is 0 Å². The number of fused-ring (bicyclic) bond motifs is 1. The van der Waals surface area contributed by atoms with Crippen LogP contribution < -0.4 is 5.32 Å². The number of urea groups is 1. The van der Waals surface area contributed by atoms with Crippen molar-refractivity contribution in [2.45, 2.75) is 44.6 Å². The maximum absolute atomic E-state index is 12.6. The van der Waals surface area contributed by atoms with Crippen molar-refractivity contribution in [3.05, 3.63) is 23.8 Å². The Bertz CT molecular complexity index is 748. The third kappa shape index (κ3) is 4.69. The molecule has 0 spiro atoms. The standard InChI is InChI=1S/C19H23N3O5/c1-27-18(25)12-6-9-14-15(11-12)21-19(26)22(17(14)24)10-4-2-3-5-16(23)20-13-7-8-13/h6,9,11,13-14H,2-5,7-8,10H2,1H3,(H,20,23). The molecule has 1 heterocycles. The number of nitrogens with one attached hydrogen (secondary N) is 1. The largest absolute Gasteiger partial charge is 0.465 e.